The van der Waals surface area contributed by atoms with Crippen LogP contribution in [0.15, 0.2) is 40.4 Å². The minimum atomic E-state index is 0.255. The molecule has 1 aliphatic carbocycles. The van der Waals surface area contributed by atoms with Crippen molar-refractivity contribution in [2.24, 2.45) is 0 Å². The zero-order valence-electron chi connectivity index (χ0n) is 13.8. The summed E-state index contributed by atoms with van der Waals surface area (Å²) in [4.78, 5) is 12.8. The number of nitrogens with zero attached hydrogens (tertiary/aromatic N) is 4. The maximum Gasteiger partial charge on any atom is 0.258 e. The van der Waals surface area contributed by atoms with E-state index in [4.69, 9.17) is 4.52 Å². The van der Waals surface area contributed by atoms with Crippen LogP contribution in [0.5, 0.6) is 0 Å². The van der Waals surface area contributed by atoms with Crippen molar-refractivity contribution < 1.29 is 4.52 Å². The van der Waals surface area contributed by atoms with Crippen LogP contribution in [-0.2, 0) is 6.54 Å². The second-order valence-electron chi connectivity index (χ2n) is 6.45. The molecule has 3 heterocycles. The van der Waals surface area contributed by atoms with Gasteiger partial charge in [-0.15, -0.1) is 11.3 Å². The molecule has 1 fully saturated rings. The van der Waals surface area contributed by atoms with Gasteiger partial charge in [-0.25, -0.2) is 4.98 Å². The molecule has 6 heteroatoms. The second kappa shape index (κ2) is 6.36. The van der Waals surface area contributed by atoms with E-state index in [-0.39, 0.29) is 5.92 Å². The molecule has 1 saturated carbocycles. The van der Waals surface area contributed by atoms with Crippen LogP contribution in [0.4, 0.5) is 5.82 Å². The summed E-state index contributed by atoms with van der Waals surface area (Å²) < 4.78 is 5.42. The van der Waals surface area contributed by atoms with Crippen LogP contribution in [0.3, 0.4) is 0 Å². The van der Waals surface area contributed by atoms with Crippen molar-refractivity contribution in [3.63, 3.8) is 0 Å². The lowest BCUT2D eigenvalue weighted by molar-refractivity contribution is 0.419. The van der Waals surface area contributed by atoms with E-state index in [1.54, 1.807) is 11.3 Å². The summed E-state index contributed by atoms with van der Waals surface area (Å²) in [5.74, 6) is 2.54. The molecule has 3 aromatic rings. The molecule has 5 nitrogen and oxygen atoms in total. The fourth-order valence-corrected chi connectivity index (χ4v) is 3.35. The second-order valence-corrected chi connectivity index (χ2v) is 7.49. The van der Waals surface area contributed by atoms with E-state index in [0.717, 1.165) is 23.8 Å². The van der Waals surface area contributed by atoms with Crippen LogP contribution >= 0.6 is 11.3 Å². The Bertz CT molecular complexity index is 808. The number of thiophene rings is 1. The quantitative estimate of drug-likeness (QED) is 0.662. The van der Waals surface area contributed by atoms with Gasteiger partial charge < -0.3 is 9.42 Å². The predicted molar refractivity (Wildman–Crippen MR) is 95.1 cm³/mol. The Labute approximate surface area is 145 Å². The highest BCUT2D eigenvalue weighted by Gasteiger charge is 2.30. The van der Waals surface area contributed by atoms with Crippen LogP contribution in [0.2, 0.25) is 0 Å². The largest absolute Gasteiger partial charge is 0.348 e. The number of anilines is 1. The van der Waals surface area contributed by atoms with Gasteiger partial charge in [-0.05, 0) is 36.4 Å². The van der Waals surface area contributed by atoms with Crippen LogP contribution in [-0.4, -0.2) is 21.2 Å². The molecular formula is C18H20N4OS. The van der Waals surface area contributed by atoms with Crippen molar-refractivity contribution in [1.82, 2.24) is 15.1 Å². The first-order valence-electron chi connectivity index (χ1n) is 8.30. The van der Waals surface area contributed by atoms with E-state index in [9.17, 15) is 0 Å². The summed E-state index contributed by atoms with van der Waals surface area (Å²) in [6.45, 7) is 5.02. The van der Waals surface area contributed by atoms with Crippen molar-refractivity contribution in [3.05, 3.63) is 46.5 Å². The molecule has 4 rings (SSSR count). The van der Waals surface area contributed by atoms with E-state index in [2.05, 4.69) is 57.5 Å². The molecule has 124 valence electrons. The van der Waals surface area contributed by atoms with Gasteiger partial charge in [-0.3, -0.25) is 0 Å². The predicted octanol–water partition coefficient (Wildman–Crippen LogP) is 4.49. The molecule has 0 atom stereocenters. The molecule has 0 amide bonds. The lowest BCUT2D eigenvalue weighted by Crippen LogP contribution is -2.25. The van der Waals surface area contributed by atoms with Gasteiger partial charge >= 0.3 is 0 Å². The van der Waals surface area contributed by atoms with Gasteiger partial charge in [0.25, 0.3) is 5.89 Å². The van der Waals surface area contributed by atoms with E-state index < -0.39 is 0 Å². The van der Waals surface area contributed by atoms with Gasteiger partial charge in [0, 0.05) is 28.6 Å². The summed E-state index contributed by atoms with van der Waals surface area (Å²) >= 11 is 1.79. The Hall–Kier alpha value is -2.21. The standard InChI is InChI=1S/C18H20N4OS/c1-12(2)17-20-18(23-21-17)13-7-8-19-16(10-13)22(14-5-6-14)11-15-4-3-9-24-15/h3-4,7-10,12,14H,5-6,11H2,1-2H3. The summed E-state index contributed by atoms with van der Waals surface area (Å²) in [5, 5.41) is 6.18. The lowest BCUT2D eigenvalue weighted by Gasteiger charge is -2.23. The average molecular weight is 340 g/mol. The van der Waals surface area contributed by atoms with E-state index >= 15 is 0 Å². The minimum absolute atomic E-state index is 0.255. The molecule has 0 spiro atoms. The summed E-state index contributed by atoms with van der Waals surface area (Å²) in [6.07, 6.45) is 4.29. The molecule has 0 aromatic carbocycles. The Balaban J connectivity index is 1.62. The number of hydrogen-bond acceptors (Lipinski definition) is 6. The SMILES string of the molecule is CC(C)c1noc(-c2ccnc(N(Cc3cccs3)C3CC3)c2)n1. The smallest absolute Gasteiger partial charge is 0.258 e. The highest BCUT2D eigenvalue weighted by Crippen LogP contribution is 2.34. The van der Waals surface area contributed by atoms with Gasteiger partial charge in [0.1, 0.15) is 5.82 Å². The first-order valence-corrected chi connectivity index (χ1v) is 9.17. The van der Waals surface area contributed by atoms with E-state index in [1.807, 2.05) is 12.3 Å². The maximum absolute atomic E-state index is 5.42. The molecule has 0 radical (unpaired) electrons. The highest BCUT2D eigenvalue weighted by molar-refractivity contribution is 7.09. The van der Waals surface area contributed by atoms with Crippen LogP contribution in [0.1, 0.15) is 43.3 Å². The van der Waals surface area contributed by atoms with Crippen molar-refractivity contribution in [2.75, 3.05) is 4.90 Å². The molecule has 24 heavy (non-hydrogen) atoms. The highest BCUT2D eigenvalue weighted by atomic mass is 32.1. The van der Waals surface area contributed by atoms with Crippen molar-refractivity contribution in [2.45, 2.75) is 45.2 Å². The summed E-state index contributed by atoms with van der Waals surface area (Å²) in [5.41, 5.74) is 0.927. The van der Waals surface area contributed by atoms with Gasteiger partial charge in [-0.1, -0.05) is 25.1 Å². The molecule has 3 aromatic heterocycles. The Morgan fingerprint density at radius 1 is 1.33 bits per heavy atom. The van der Waals surface area contributed by atoms with Gasteiger partial charge in [-0.2, -0.15) is 4.98 Å². The van der Waals surface area contributed by atoms with Gasteiger partial charge in [0.05, 0.1) is 6.54 Å². The van der Waals surface area contributed by atoms with Crippen molar-refractivity contribution >= 4 is 17.2 Å². The number of hydrogen-bond donors (Lipinski definition) is 0. The zero-order chi connectivity index (χ0) is 16.5. The third-order valence-electron chi connectivity index (χ3n) is 4.14. The number of rotatable bonds is 6. The number of aromatic nitrogens is 3. The maximum atomic E-state index is 5.42. The summed E-state index contributed by atoms with van der Waals surface area (Å²) in [6, 6.07) is 8.85. The Morgan fingerprint density at radius 3 is 2.88 bits per heavy atom. The normalized spacial score (nSPS) is 14.3. The van der Waals surface area contributed by atoms with Crippen LogP contribution < -0.4 is 4.90 Å². The van der Waals surface area contributed by atoms with Crippen LogP contribution in [0.25, 0.3) is 11.5 Å². The zero-order valence-corrected chi connectivity index (χ0v) is 14.7. The molecular weight excluding hydrogens is 320 g/mol. The summed E-state index contributed by atoms with van der Waals surface area (Å²) in [7, 11) is 0. The number of pyridine rings is 1. The molecule has 1 aliphatic rings. The fourth-order valence-electron chi connectivity index (χ4n) is 2.65. The molecule has 0 unspecified atom stereocenters. The topological polar surface area (TPSA) is 55.1 Å². The van der Waals surface area contributed by atoms with Gasteiger partial charge in [0.2, 0.25) is 0 Å². The van der Waals surface area contributed by atoms with E-state index in [0.29, 0.717) is 11.9 Å². The Kier molecular flexibility index (Phi) is 4.06. The third-order valence-corrected chi connectivity index (χ3v) is 5.00. The van der Waals surface area contributed by atoms with Gasteiger partial charge in [0.15, 0.2) is 5.82 Å². The van der Waals surface area contributed by atoms with Crippen LogP contribution in [0, 0.1) is 0 Å². The first kappa shape index (κ1) is 15.3. The fraction of sp³-hybridized carbons (Fsp3) is 0.389. The van der Waals surface area contributed by atoms with Crippen molar-refractivity contribution in [1.29, 1.82) is 0 Å². The van der Waals surface area contributed by atoms with E-state index in [1.165, 1.54) is 17.7 Å². The molecule has 0 aliphatic heterocycles. The first-order chi connectivity index (χ1) is 11.7. The molecule has 0 N–H and O–H groups in total. The molecule has 0 bridgehead atoms. The minimum Gasteiger partial charge on any atom is -0.348 e. The monoisotopic (exact) mass is 340 g/mol. The lowest BCUT2D eigenvalue weighted by atomic mass is 10.2. The average Bonchev–Trinajstić information content (AvgIpc) is 3.10. The Morgan fingerprint density at radius 2 is 2.21 bits per heavy atom. The van der Waals surface area contributed by atoms with Crippen molar-refractivity contribution in [3.8, 4) is 11.5 Å². The molecule has 0 saturated heterocycles. The third kappa shape index (κ3) is 3.19.